The zero-order valence-electron chi connectivity index (χ0n) is 11.0. The molecule has 3 aromatic rings. The fourth-order valence-electron chi connectivity index (χ4n) is 2.29. The Bertz CT molecular complexity index is 778. The molecule has 0 amide bonds. The molecule has 100 valence electrons. The first kappa shape index (κ1) is 11.8. The Kier molecular flexibility index (Phi) is 2.70. The summed E-state index contributed by atoms with van der Waals surface area (Å²) in [6.07, 6.45) is 10.1. The third kappa shape index (κ3) is 1.96. The van der Waals surface area contributed by atoms with Crippen molar-refractivity contribution in [2.24, 2.45) is 0 Å². The molecule has 20 heavy (non-hydrogen) atoms. The first-order valence-corrected chi connectivity index (χ1v) is 7.79. The molecule has 4 rings (SSSR count). The number of rotatable bonds is 3. The number of hydrogen-bond acceptors (Lipinski definition) is 5. The van der Waals surface area contributed by atoms with Crippen LogP contribution in [0.15, 0.2) is 35.9 Å². The fourth-order valence-corrected chi connectivity index (χ4v) is 2.65. The molecule has 3 heterocycles. The topological polar surface area (TPSA) is 56.0 Å². The lowest BCUT2D eigenvalue weighted by Crippen LogP contribution is -1.96. The Hall–Kier alpha value is -1.95. The highest BCUT2D eigenvalue weighted by Crippen LogP contribution is 2.41. The second-order valence-electron chi connectivity index (χ2n) is 4.88. The second-order valence-corrected chi connectivity index (χ2v) is 5.66. The Morgan fingerprint density at radius 1 is 1.20 bits per heavy atom. The van der Waals surface area contributed by atoms with Crippen molar-refractivity contribution in [1.29, 1.82) is 0 Å². The Morgan fingerprint density at radius 3 is 2.85 bits per heavy atom. The summed E-state index contributed by atoms with van der Waals surface area (Å²) in [5, 5.41) is 5.13. The molecule has 3 aromatic heterocycles. The maximum absolute atomic E-state index is 4.74. The zero-order chi connectivity index (χ0) is 13.5. The van der Waals surface area contributed by atoms with E-state index in [0.29, 0.717) is 5.92 Å². The molecule has 0 radical (unpaired) electrons. The summed E-state index contributed by atoms with van der Waals surface area (Å²) in [4.78, 5) is 13.4. The SMILES string of the molecule is CSc1nccc(-c2ccn3ncc(C4CC4)c3n2)n1. The highest BCUT2D eigenvalue weighted by atomic mass is 32.2. The molecule has 0 bridgehead atoms. The number of nitrogens with zero attached hydrogens (tertiary/aromatic N) is 5. The van der Waals surface area contributed by atoms with Crippen LogP contribution < -0.4 is 0 Å². The minimum atomic E-state index is 0.641. The Morgan fingerprint density at radius 2 is 2.05 bits per heavy atom. The molecule has 1 aliphatic carbocycles. The van der Waals surface area contributed by atoms with Gasteiger partial charge in [-0.05, 0) is 37.1 Å². The molecule has 0 N–H and O–H groups in total. The lowest BCUT2D eigenvalue weighted by Gasteiger charge is -2.03. The smallest absolute Gasteiger partial charge is 0.187 e. The molecule has 0 spiro atoms. The summed E-state index contributed by atoms with van der Waals surface area (Å²) in [6, 6.07) is 3.84. The average Bonchev–Trinajstić information content (AvgIpc) is 3.26. The summed E-state index contributed by atoms with van der Waals surface area (Å²) >= 11 is 1.53. The molecular weight excluding hydrogens is 270 g/mol. The third-order valence-electron chi connectivity index (χ3n) is 3.49. The molecule has 1 aliphatic rings. The molecule has 6 heteroatoms. The molecule has 0 aromatic carbocycles. The van der Waals surface area contributed by atoms with Crippen LogP contribution in [0.2, 0.25) is 0 Å². The van der Waals surface area contributed by atoms with Crippen LogP contribution in [0.5, 0.6) is 0 Å². The van der Waals surface area contributed by atoms with Gasteiger partial charge in [-0.15, -0.1) is 0 Å². The van der Waals surface area contributed by atoms with Gasteiger partial charge in [-0.2, -0.15) is 5.10 Å². The van der Waals surface area contributed by atoms with Crippen molar-refractivity contribution in [1.82, 2.24) is 24.6 Å². The van der Waals surface area contributed by atoms with E-state index in [0.717, 1.165) is 22.2 Å². The Labute approximate surface area is 120 Å². The van der Waals surface area contributed by atoms with Crippen LogP contribution in [-0.4, -0.2) is 30.8 Å². The van der Waals surface area contributed by atoms with Crippen LogP contribution >= 0.6 is 11.8 Å². The van der Waals surface area contributed by atoms with Crippen LogP contribution in [0.4, 0.5) is 0 Å². The molecule has 0 aliphatic heterocycles. The Balaban J connectivity index is 1.84. The van der Waals surface area contributed by atoms with E-state index in [2.05, 4.69) is 15.1 Å². The number of fused-ring (bicyclic) bond motifs is 1. The van der Waals surface area contributed by atoms with E-state index in [1.807, 2.05) is 35.3 Å². The normalized spacial score (nSPS) is 14.8. The minimum absolute atomic E-state index is 0.641. The highest BCUT2D eigenvalue weighted by molar-refractivity contribution is 7.98. The van der Waals surface area contributed by atoms with E-state index >= 15 is 0 Å². The van der Waals surface area contributed by atoms with Crippen molar-refractivity contribution in [2.75, 3.05) is 6.26 Å². The lowest BCUT2D eigenvalue weighted by atomic mass is 10.2. The minimum Gasteiger partial charge on any atom is -0.231 e. The van der Waals surface area contributed by atoms with Gasteiger partial charge in [-0.25, -0.2) is 19.5 Å². The monoisotopic (exact) mass is 283 g/mol. The van der Waals surface area contributed by atoms with E-state index in [4.69, 9.17) is 4.98 Å². The van der Waals surface area contributed by atoms with Crippen LogP contribution in [-0.2, 0) is 0 Å². The second kappa shape index (κ2) is 4.56. The number of hydrogen-bond donors (Lipinski definition) is 0. The van der Waals surface area contributed by atoms with Gasteiger partial charge in [-0.3, -0.25) is 0 Å². The fraction of sp³-hybridized carbons (Fsp3) is 0.286. The number of thioether (sulfide) groups is 1. The van der Waals surface area contributed by atoms with Crippen LogP contribution in [0, 0.1) is 0 Å². The van der Waals surface area contributed by atoms with Gasteiger partial charge in [0, 0.05) is 18.0 Å². The number of aromatic nitrogens is 5. The predicted molar refractivity (Wildman–Crippen MR) is 77.8 cm³/mol. The van der Waals surface area contributed by atoms with Crippen LogP contribution in [0.3, 0.4) is 0 Å². The molecule has 5 nitrogen and oxygen atoms in total. The molecule has 1 saturated carbocycles. The van der Waals surface area contributed by atoms with E-state index in [1.165, 1.54) is 30.2 Å². The largest absolute Gasteiger partial charge is 0.231 e. The van der Waals surface area contributed by atoms with Gasteiger partial charge in [0.05, 0.1) is 17.6 Å². The van der Waals surface area contributed by atoms with Gasteiger partial charge in [0.2, 0.25) is 0 Å². The highest BCUT2D eigenvalue weighted by Gasteiger charge is 2.27. The third-order valence-corrected chi connectivity index (χ3v) is 4.05. The summed E-state index contributed by atoms with van der Waals surface area (Å²) in [6.45, 7) is 0. The van der Waals surface area contributed by atoms with Crippen molar-refractivity contribution in [3.05, 3.63) is 36.3 Å². The van der Waals surface area contributed by atoms with Crippen molar-refractivity contribution < 1.29 is 0 Å². The standard InChI is InChI=1S/C14H13N5S/c1-20-14-15-6-4-11(18-14)12-5-7-19-13(17-12)10(8-16-19)9-2-3-9/h4-9H,2-3H2,1H3. The van der Waals surface area contributed by atoms with E-state index in [1.54, 1.807) is 6.20 Å². The van der Waals surface area contributed by atoms with Gasteiger partial charge in [0.15, 0.2) is 10.8 Å². The van der Waals surface area contributed by atoms with Crippen molar-refractivity contribution in [3.8, 4) is 11.4 Å². The lowest BCUT2D eigenvalue weighted by molar-refractivity contribution is 0.932. The summed E-state index contributed by atoms with van der Waals surface area (Å²) in [7, 11) is 0. The van der Waals surface area contributed by atoms with Crippen molar-refractivity contribution in [2.45, 2.75) is 23.9 Å². The summed E-state index contributed by atoms with van der Waals surface area (Å²) in [5.74, 6) is 0.641. The van der Waals surface area contributed by atoms with Crippen molar-refractivity contribution >= 4 is 17.4 Å². The maximum atomic E-state index is 4.74. The molecule has 1 fully saturated rings. The summed E-state index contributed by atoms with van der Waals surface area (Å²) < 4.78 is 1.84. The predicted octanol–water partition coefficient (Wildman–Crippen LogP) is 2.79. The average molecular weight is 283 g/mol. The van der Waals surface area contributed by atoms with Crippen LogP contribution in [0.25, 0.3) is 17.0 Å². The van der Waals surface area contributed by atoms with E-state index in [9.17, 15) is 0 Å². The first-order valence-electron chi connectivity index (χ1n) is 6.57. The van der Waals surface area contributed by atoms with Gasteiger partial charge in [0.25, 0.3) is 0 Å². The van der Waals surface area contributed by atoms with Gasteiger partial charge < -0.3 is 0 Å². The van der Waals surface area contributed by atoms with E-state index in [-0.39, 0.29) is 0 Å². The molecule has 0 saturated heterocycles. The van der Waals surface area contributed by atoms with E-state index < -0.39 is 0 Å². The summed E-state index contributed by atoms with van der Waals surface area (Å²) in [5.41, 5.74) is 3.94. The first-order chi connectivity index (χ1) is 9.85. The zero-order valence-corrected chi connectivity index (χ0v) is 11.8. The van der Waals surface area contributed by atoms with Crippen molar-refractivity contribution in [3.63, 3.8) is 0 Å². The van der Waals surface area contributed by atoms with Gasteiger partial charge in [0.1, 0.15) is 0 Å². The van der Waals surface area contributed by atoms with Gasteiger partial charge in [-0.1, -0.05) is 11.8 Å². The maximum Gasteiger partial charge on any atom is 0.187 e. The molecular formula is C14H13N5S. The quantitative estimate of drug-likeness (QED) is 0.546. The van der Waals surface area contributed by atoms with Gasteiger partial charge >= 0.3 is 0 Å². The molecule has 0 unspecified atom stereocenters. The molecule has 0 atom stereocenters. The van der Waals surface area contributed by atoms with Crippen LogP contribution in [0.1, 0.15) is 24.3 Å².